The van der Waals surface area contributed by atoms with E-state index in [1.54, 1.807) is 0 Å². The van der Waals surface area contributed by atoms with Crippen LogP contribution in [0, 0.1) is 25.7 Å². The van der Waals surface area contributed by atoms with E-state index in [-0.39, 0.29) is 0 Å². The fraction of sp³-hybridized carbons (Fsp3) is 0.400. The Bertz CT molecular complexity index is 296. The molecule has 0 aromatic carbocycles. The maximum absolute atomic E-state index is 3.03. The van der Waals surface area contributed by atoms with Gasteiger partial charge in [0.2, 0.25) is 0 Å². The fourth-order valence-corrected chi connectivity index (χ4v) is 1.13. The fourth-order valence-electron chi connectivity index (χ4n) is 1.13. The van der Waals surface area contributed by atoms with Gasteiger partial charge in [-0.1, -0.05) is 5.92 Å². The van der Waals surface area contributed by atoms with Gasteiger partial charge in [-0.3, -0.25) is 0 Å². The first kappa shape index (κ1) is 7.94. The molecule has 0 bridgehead atoms. The van der Waals surface area contributed by atoms with Gasteiger partial charge < -0.3 is 4.57 Å². The Hall–Kier alpha value is -1.16. The summed E-state index contributed by atoms with van der Waals surface area (Å²) in [5, 5.41) is 0. The van der Waals surface area contributed by atoms with Crippen molar-refractivity contribution in [1.82, 2.24) is 4.57 Å². The molecule has 11 heavy (non-hydrogen) atoms. The molecule has 58 valence electrons. The van der Waals surface area contributed by atoms with Crippen molar-refractivity contribution in [3.63, 3.8) is 0 Å². The van der Waals surface area contributed by atoms with Crippen LogP contribution in [-0.4, -0.2) is 4.57 Å². The number of hydrogen-bond acceptors (Lipinski definition) is 0. The Morgan fingerprint density at radius 2 is 2.18 bits per heavy atom. The first-order valence-corrected chi connectivity index (χ1v) is 3.77. The molecular weight excluding hydrogens is 134 g/mol. The van der Waals surface area contributed by atoms with Crippen molar-refractivity contribution in [2.45, 2.75) is 27.3 Å². The molecule has 1 aromatic heterocycles. The van der Waals surface area contributed by atoms with E-state index < -0.39 is 0 Å². The minimum Gasteiger partial charge on any atom is -0.340 e. The van der Waals surface area contributed by atoms with Crippen molar-refractivity contribution >= 4 is 0 Å². The van der Waals surface area contributed by atoms with Crippen LogP contribution in [0.25, 0.3) is 0 Å². The molecule has 1 heterocycles. The molecule has 0 amide bonds. The van der Waals surface area contributed by atoms with Crippen molar-refractivity contribution < 1.29 is 0 Å². The Morgan fingerprint density at radius 3 is 2.64 bits per heavy atom. The molecule has 0 N–H and O–H groups in total. The van der Waals surface area contributed by atoms with Gasteiger partial charge in [-0.15, -0.1) is 5.92 Å². The summed E-state index contributed by atoms with van der Waals surface area (Å²) in [6, 6.07) is 2.16. The average molecular weight is 147 g/mol. The zero-order valence-electron chi connectivity index (χ0n) is 7.31. The standard InChI is InChI=1S/C10H13N/c1-4-5-6-11-8-9(2)7-10(11)3/h7-8H,6H2,1-3H3. The second kappa shape index (κ2) is 3.30. The number of nitrogens with zero attached hydrogens (tertiary/aromatic N) is 1. The summed E-state index contributed by atoms with van der Waals surface area (Å²) in [4.78, 5) is 0. The van der Waals surface area contributed by atoms with Gasteiger partial charge in [-0.2, -0.15) is 0 Å². The van der Waals surface area contributed by atoms with E-state index in [4.69, 9.17) is 0 Å². The molecule has 0 radical (unpaired) electrons. The lowest BCUT2D eigenvalue weighted by Gasteiger charge is -1.97. The average Bonchev–Trinajstić information content (AvgIpc) is 2.26. The predicted molar refractivity (Wildman–Crippen MR) is 47.4 cm³/mol. The van der Waals surface area contributed by atoms with Crippen LogP contribution < -0.4 is 0 Å². The summed E-state index contributed by atoms with van der Waals surface area (Å²) >= 11 is 0. The summed E-state index contributed by atoms with van der Waals surface area (Å²) < 4.78 is 2.16. The maximum atomic E-state index is 3.03. The predicted octanol–water partition coefficient (Wildman–Crippen LogP) is 2.13. The second-order valence-corrected chi connectivity index (χ2v) is 2.71. The zero-order chi connectivity index (χ0) is 8.27. The minimum atomic E-state index is 0.816. The molecule has 0 atom stereocenters. The summed E-state index contributed by atoms with van der Waals surface area (Å²) in [5.74, 6) is 5.91. The largest absolute Gasteiger partial charge is 0.340 e. The highest BCUT2D eigenvalue weighted by Crippen LogP contribution is 2.04. The molecule has 1 aromatic rings. The van der Waals surface area contributed by atoms with Gasteiger partial charge in [0.05, 0.1) is 6.54 Å². The monoisotopic (exact) mass is 147 g/mol. The highest BCUT2D eigenvalue weighted by molar-refractivity contribution is 5.17. The third kappa shape index (κ3) is 1.88. The number of hydrogen-bond donors (Lipinski definition) is 0. The van der Waals surface area contributed by atoms with Crippen LogP contribution in [0.5, 0.6) is 0 Å². The lowest BCUT2D eigenvalue weighted by molar-refractivity contribution is 0.813. The molecule has 1 rings (SSSR count). The maximum Gasteiger partial charge on any atom is 0.0834 e. The van der Waals surface area contributed by atoms with Crippen molar-refractivity contribution in [2.75, 3.05) is 0 Å². The minimum absolute atomic E-state index is 0.816. The van der Waals surface area contributed by atoms with Gasteiger partial charge in [-0.05, 0) is 32.4 Å². The summed E-state index contributed by atoms with van der Waals surface area (Å²) in [7, 11) is 0. The zero-order valence-corrected chi connectivity index (χ0v) is 7.31. The van der Waals surface area contributed by atoms with Crippen LogP contribution in [0.1, 0.15) is 18.2 Å². The highest BCUT2D eigenvalue weighted by Gasteiger charge is 1.94. The molecule has 0 aliphatic carbocycles. The number of rotatable bonds is 1. The molecule has 0 spiro atoms. The van der Waals surface area contributed by atoms with E-state index >= 15 is 0 Å². The van der Waals surface area contributed by atoms with E-state index in [0.29, 0.717) is 0 Å². The lowest BCUT2D eigenvalue weighted by Crippen LogP contribution is -1.94. The summed E-state index contributed by atoms with van der Waals surface area (Å²) in [6.07, 6.45) is 2.12. The van der Waals surface area contributed by atoms with E-state index in [9.17, 15) is 0 Å². The Kier molecular flexibility index (Phi) is 2.38. The summed E-state index contributed by atoms with van der Waals surface area (Å²) in [6.45, 7) is 6.88. The first-order valence-electron chi connectivity index (χ1n) is 3.77. The molecule has 1 nitrogen and oxygen atoms in total. The van der Waals surface area contributed by atoms with E-state index in [1.165, 1.54) is 11.3 Å². The van der Waals surface area contributed by atoms with E-state index in [0.717, 1.165) is 6.54 Å². The van der Waals surface area contributed by atoms with E-state index in [1.807, 2.05) is 6.92 Å². The van der Waals surface area contributed by atoms with Crippen LogP contribution in [-0.2, 0) is 6.54 Å². The normalized spacial score (nSPS) is 9.00. The van der Waals surface area contributed by atoms with E-state index in [2.05, 4.69) is 42.5 Å². The van der Waals surface area contributed by atoms with Gasteiger partial charge in [-0.25, -0.2) is 0 Å². The van der Waals surface area contributed by atoms with Gasteiger partial charge in [0.25, 0.3) is 0 Å². The van der Waals surface area contributed by atoms with Crippen LogP contribution in [0.3, 0.4) is 0 Å². The molecule has 0 fully saturated rings. The third-order valence-electron chi connectivity index (χ3n) is 1.68. The highest BCUT2D eigenvalue weighted by atomic mass is 14.9. The molecule has 0 unspecified atom stereocenters. The summed E-state index contributed by atoms with van der Waals surface area (Å²) in [5.41, 5.74) is 2.59. The molecule has 1 heteroatoms. The van der Waals surface area contributed by atoms with Crippen LogP contribution in [0.4, 0.5) is 0 Å². The number of aromatic nitrogens is 1. The van der Waals surface area contributed by atoms with Crippen molar-refractivity contribution in [2.24, 2.45) is 0 Å². The first-order chi connectivity index (χ1) is 5.24. The molecule has 0 aliphatic rings. The lowest BCUT2D eigenvalue weighted by atomic mass is 10.4. The third-order valence-corrected chi connectivity index (χ3v) is 1.68. The molecular formula is C10H13N. The van der Waals surface area contributed by atoms with Gasteiger partial charge in [0.15, 0.2) is 0 Å². The Balaban J connectivity index is 2.82. The quantitative estimate of drug-likeness (QED) is 0.536. The van der Waals surface area contributed by atoms with Crippen LogP contribution in [0.2, 0.25) is 0 Å². The van der Waals surface area contributed by atoms with Crippen molar-refractivity contribution in [3.05, 3.63) is 23.5 Å². The SMILES string of the molecule is CC#CCn1cc(C)cc1C. The smallest absolute Gasteiger partial charge is 0.0834 e. The Morgan fingerprint density at radius 1 is 1.45 bits per heavy atom. The van der Waals surface area contributed by atoms with Crippen molar-refractivity contribution in [3.8, 4) is 11.8 Å². The second-order valence-electron chi connectivity index (χ2n) is 2.71. The molecule has 0 aliphatic heterocycles. The van der Waals surface area contributed by atoms with Gasteiger partial charge in [0.1, 0.15) is 0 Å². The molecule has 0 saturated carbocycles. The van der Waals surface area contributed by atoms with Gasteiger partial charge in [0, 0.05) is 11.9 Å². The van der Waals surface area contributed by atoms with Gasteiger partial charge >= 0.3 is 0 Å². The van der Waals surface area contributed by atoms with Crippen LogP contribution >= 0.6 is 0 Å². The Labute approximate surface area is 68.0 Å². The topological polar surface area (TPSA) is 4.93 Å². The molecule has 0 saturated heterocycles. The number of aryl methyl sites for hydroxylation is 2. The van der Waals surface area contributed by atoms with Crippen molar-refractivity contribution in [1.29, 1.82) is 0 Å². The van der Waals surface area contributed by atoms with Crippen LogP contribution in [0.15, 0.2) is 12.3 Å².